The highest BCUT2D eigenvalue weighted by Gasteiger charge is 2.24. The highest BCUT2D eigenvalue weighted by Crippen LogP contribution is 2.34. The van der Waals surface area contributed by atoms with Gasteiger partial charge in [-0.25, -0.2) is 0 Å². The Morgan fingerprint density at radius 1 is 1.46 bits per heavy atom. The van der Waals surface area contributed by atoms with Crippen LogP contribution in [0.5, 0.6) is 0 Å². The fourth-order valence-electron chi connectivity index (χ4n) is 1.32. The normalized spacial score (nSPS) is 21.7. The van der Waals surface area contributed by atoms with Crippen LogP contribution in [0, 0.1) is 11.3 Å². The van der Waals surface area contributed by atoms with Crippen molar-refractivity contribution in [3.63, 3.8) is 0 Å². The van der Waals surface area contributed by atoms with Gasteiger partial charge in [0.15, 0.2) is 0 Å². The second-order valence-corrected chi connectivity index (χ2v) is 5.29. The molecule has 1 aliphatic rings. The van der Waals surface area contributed by atoms with E-state index in [1.165, 1.54) is 19.3 Å². The maximum atomic E-state index is 5.90. The van der Waals surface area contributed by atoms with Gasteiger partial charge in [-0.05, 0) is 19.3 Å². The molecule has 1 atom stereocenters. The third-order valence-electron chi connectivity index (χ3n) is 2.50. The first-order valence-corrected chi connectivity index (χ1v) is 5.23. The zero-order chi connectivity index (χ0) is 10.1. The molecule has 0 aromatic rings. The summed E-state index contributed by atoms with van der Waals surface area (Å²) in [5, 5.41) is 0. The fourth-order valence-corrected chi connectivity index (χ4v) is 1.32. The van der Waals surface area contributed by atoms with Crippen LogP contribution in [-0.2, 0) is 0 Å². The fraction of sp³-hybridized carbons (Fsp3) is 0.909. The van der Waals surface area contributed by atoms with E-state index < -0.39 is 0 Å². The molecule has 1 saturated carbocycles. The van der Waals surface area contributed by atoms with Gasteiger partial charge in [-0.1, -0.05) is 33.6 Å². The predicted molar refractivity (Wildman–Crippen MR) is 57.9 cm³/mol. The molecule has 1 fully saturated rings. The van der Waals surface area contributed by atoms with Crippen LogP contribution in [0.1, 0.15) is 47.0 Å². The minimum absolute atomic E-state index is 0.0256. The van der Waals surface area contributed by atoms with Gasteiger partial charge >= 0.3 is 0 Å². The van der Waals surface area contributed by atoms with E-state index in [0.717, 1.165) is 11.8 Å². The molecule has 2 nitrogen and oxygen atoms in total. The van der Waals surface area contributed by atoms with E-state index in [1.54, 1.807) is 0 Å². The lowest BCUT2D eigenvalue weighted by atomic mass is 9.95. The quantitative estimate of drug-likeness (QED) is 0.528. The summed E-state index contributed by atoms with van der Waals surface area (Å²) in [7, 11) is 0. The molecular weight excluding hydrogens is 160 g/mol. The van der Waals surface area contributed by atoms with Crippen LogP contribution in [0.25, 0.3) is 0 Å². The topological polar surface area (TPSA) is 38.4 Å². The third kappa shape index (κ3) is 3.79. The molecule has 13 heavy (non-hydrogen) atoms. The molecule has 76 valence electrons. The molecule has 0 amide bonds. The van der Waals surface area contributed by atoms with E-state index in [0.29, 0.717) is 6.04 Å². The average molecular weight is 182 g/mol. The van der Waals surface area contributed by atoms with Crippen LogP contribution in [0.2, 0.25) is 0 Å². The van der Waals surface area contributed by atoms with Crippen molar-refractivity contribution in [2.45, 2.75) is 53.0 Å². The van der Waals surface area contributed by atoms with E-state index in [4.69, 9.17) is 5.73 Å². The summed E-state index contributed by atoms with van der Waals surface area (Å²) in [5.41, 5.74) is 5.92. The Bertz CT molecular complexity index is 197. The second-order valence-electron chi connectivity index (χ2n) is 5.29. The maximum Gasteiger partial charge on any atom is 0.0994 e. The minimum Gasteiger partial charge on any atom is -0.387 e. The Morgan fingerprint density at radius 3 is 2.38 bits per heavy atom. The van der Waals surface area contributed by atoms with E-state index in [-0.39, 0.29) is 5.41 Å². The third-order valence-corrected chi connectivity index (χ3v) is 2.50. The predicted octanol–water partition coefficient (Wildman–Crippen LogP) is 2.58. The summed E-state index contributed by atoms with van der Waals surface area (Å²) < 4.78 is 0. The second kappa shape index (κ2) is 3.69. The summed E-state index contributed by atoms with van der Waals surface area (Å²) in [6.45, 7) is 8.48. The number of aliphatic imine (C=N–C) groups is 1. The molecule has 0 bridgehead atoms. The largest absolute Gasteiger partial charge is 0.387 e. The van der Waals surface area contributed by atoms with Crippen molar-refractivity contribution in [1.82, 2.24) is 0 Å². The standard InChI is InChI=1S/C11H22N2/c1-8(7-9-5-6-9)13-10(12)11(2,3)4/h8-9H,5-7H2,1-4H3,(H2,12,13). The minimum atomic E-state index is 0.0256. The van der Waals surface area contributed by atoms with Gasteiger partial charge in [0.2, 0.25) is 0 Å². The van der Waals surface area contributed by atoms with Crippen molar-refractivity contribution in [3.8, 4) is 0 Å². The van der Waals surface area contributed by atoms with Crippen LogP contribution < -0.4 is 5.73 Å². The molecule has 1 rings (SSSR count). The van der Waals surface area contributed by atoms with E-state index >= 15 is 0 Å². The Morgan fingerprint density at radius 2 is 2.00 bits per heavy atom. The number of amidine groups is 1. The molecule has 1 unspecified atom stereocenters. The SMILES string of the molecule is CC(CC1CC1)N=C(N)C(C)(C)C. The first kappa shape index (κ1) is 10.6. The molecule has 0 aromatic heterocycles. The number of hydrogen-bond acceptors (Lipinski definition) is 1. The van der Waals surface area contributed by atoms with Gasteiger partial charge < -0.3 is 5.73 Å². The lowest BCUT2D eigenvalue weighted by molar-refractivity contribution is 0.557. The van der Waals surface area contributed by atoms with Crippen molar-refractivity contribution >= 4 is 5.84 Å². The van der Waals surface area contributed by atoms with Crippen LogP contribution >= 0.6 is 0 Å². The van der Waals surface area contributed by atoms with Crippen LogP contribution in [0.3, 0.4) is 0 Å². The van der Waals surface area contributed by atoms with E-state index in [1.807, 2.05) is 0 Å². The summed E-state index contributed by atoms with van der Waals surface area (Å²) in [4.78, 5) is 4.52. The van der Waals surface area contributed by atoms with Gasteiger partial charge in [-0.3, -0.25) is 4.99 Å². The van der Waals surface area contributed by atoms with Crippen LogP contribution in [0.4, 0.5) is 0 Å². The zero-order valence-corrected chi connectivity index (χ0v) is 9.30. The van der Waals surface area contributed by atoms with Gasteiger partial charge in [0, 0.05) is 11.5 Å². The smallest absolute Gasteiger partial charge is 0.0994 e. The lowest BCUT2D eigenvalue weighted by Gasteiger charge is -2.19. The maximum absolute atomic E-state index is 5.90. The molecule has 0 saturated heterocycles. The molecule has 0 aromatic carbocycles. The van der Waals surface area contributed by atoms with Gasteiger partial charge in [-0.2, -0.15) is 0 Å². The highest BCUT2D eigenvalue weighted by atomic mass is 14.9. The molecule has 0 aliphatic heterocycles. The molecular formula is C11H22N2. The zero-order valence-electron chi connectivity index (χ0n) is 9.30. The monoisotopic (exact) mass is 182 g/mol. The van der Waals surface area contributed by atoms with Gasteiger partial charge in [0.1, 0.15) is 0 Å². The summed E-state index contributed by atoms with van der Waals surface area (Å²) in [6, 6.07) is 0.409. The van der Waals surface area contributed by atoms with Crippen molar-refractivity contribution < 1.29 is 0 Å². The lowest BCUT2D eigenvalue weighted by Crippen LogP contribution is -2.30. The van der Waals surface area contributed by atoms with Crippen LogP contribution in [0.15, 0.2) is 4.99 Å². The highest BCUT2D eigenvalue weighted by molar-refractivity contribution is 5.85. The van der Waals surface area contributed by atoms with Crippen molar-refractivity contribution in [3.05, 3.63) is 0 Å². The average Bonchev–Trinajstić information content (AvgIpc) is 2.68. The number of rotatable bonds is 3. The Labute approximate surface area is 81.6 Å². The Kier molecular flexibility index (Phi) is 2.99. The van der Waals surface area contributed by atoms with Crippen molar-refractivity contribution in [2.24, 2.45) is 22.1 Å². The van der Waals surface area contributed by atoms with Gasteiger partial charge in [0.25, 0.3) is 0 Å². The Hall–Kier alpha value is -0.530. The van der Waals surface area contributed by atoms with E-state index in [9.17, 15) is 0 Å². The number of nitrogens with zero attached hydrogens (tertiary/aromatic N) is 1. The Balaban J connectivity index is 2.42. The van der Waals surface area contributed by atoms with E-state index in [2.05, 4.69) is 32.7 Å². The summed E-state index contributed by atoms with van der Waals surface area (Å²) in [6.07, 6.45) is 4.02. The molecule has 0 spiro atoms. The van der Waals surface area contributed by atoms with Crippen molar-refractivity contribution in [1.29, 1.82) is 0 Å². The van der Waals surface area contributed by atoms with Gasteiger partial charge in [0.05, 0.1) is 5.84 Å². The first-order chi connectivity index (χ1) is 5.89. The number of hydrogen-bond donors (Lipinski definition) is 1. The van der Waals surface area contributed by atoms with Crippen molar-refractivity contribution in [2.75, 3.05) is 0 Å². The summed E-state index contributed by atoms with van der Waals surface area (Å²) in [5.74, 6) is 1.73. The molecule has 1 aliphatic carbocycles. The number of nitrogens with two attached hydrogens (primary N) is 1. The molecule has 2 heteroatoms. The van der Waals surface area contributed by atoms with Crippen LogP contribution in [-0.4, -0.2) is 11.9 Å². The first-order valence-electron chi connectivity index (χ1n) is 5.23. The molecule has 0 heterocycles. The van der Waals surface area contributed by atoms with Gasteiger partial charge in [-0.15, -0.1) is 0 Å². The molecule has 2 N–H and O–H groups in total. The molecule has 0 radical (unpaired) electrons. The summed E-state index contributed by atoms with van der Waals surface area (Å²) >= 11 is 0.